The second kappa shape index (κ2) is 7.71. The Morgan fingerprint density at radius 3 is 3.15 bits per heavy atom. The predicted molar refractivity (Wildman–Crippen MR) is 77.8 cm³/mol. The monoisotopic (exact) mass is 298 g/mol. The highest BCUT2D eigenvalue weighted by atomic mass is 32.1. The van der Waals surface area contributed by atoms with Gasteiger partial charge in [0, 0.05) is 23.7 Å². The summed E-state index contributed by atoms with van der Waals surface area (Å²) in [5, 5.41) is 4.68. The van der Waals surface area contributed by atoms with Crippen molar-refractivity contribution < 1.29 is 14.3 Å². The van der Waals surface area contributed by atoms with Crippen LogP contribution >= 0.6 is 11.3 Å². The van der Waals surface area contributed by atoms with Crippen LogP contribution in [0.5, 0.6) is 0 Å². The minimum atomic E-state index is -0.171. The Labute approximate surface area is 123 Å². The van der Waals surface area contributed by atoms with Gasteiger partial charge in [0.1, 0.15) is 5.01 Å². The van der Waals surface area contributed by atoms with E-state index in [4.69, 9.17) is 4.74 Å². The molecule has 1 aliphatic heterocycles. The molecule has 1 aromatic rings. The lowest BCUT2D eigenvalue weighted by molar-refractivity contribution is -0.140. The van der Waals surface area contributed by atoms with Gasteiger partial charge in [-0.15, -0.1) is 11.3 Å². The topological polar surface area (TPSA) is 60.5 Å². The molecule has 20 heavy (non-hydrogen) atoms. The van der Waals surface area contributed by atoms with Crippen LogP contribution in [0.4, 0.5) is 0 Å². The second-order valence-corrected chi connectivity index (χ2v) is 6.04. The van der Waals surface area contributed by atoms with Crippen LogP contribution in [-0.4, -0.2) is 37.3 Å². The van der Waals surface area contributed by atoms with Crippen molar-refractivity contribution in [2.24, 2.45) is 0 Å². The molecule has 0 amide bonds. The summed E-state index contributed by atoms with van der Waals surface area (Å²) in [4.78, 5) is 16.7. The molecule has 0 aliphatic carbocycles. The zero-order valence-corrected chi connectivity index (χ0v) is 12.9. The molecular weight excluding hydrogens is 276 g/mol. The number of carbonyl (C=O) groups is 1. The molecule has 1 aromatic heterocycles. The van der Waals surface area contributed by atoms with Gasteiger partial charge in [-0.25, -0.2) is 4.98 Å². The van der Waals surface area contributed by atoms with Crippen LogP contribution < -0.4 is 5.32 Å². The number of ether oxygens (including phenoxy) is 2. The summed E-state index contributed by atoms with van der Waals surface area (Å²) >= 11 is 1.69. The van der Waals surface area contributed by atoms with Crippen LogP contribution in [-0.2, 0) is 20.7 Å². The smallest absolute Gasteiger partial charge is 0.305 e. The quantitative estimate of drug-likeness (QED) is 0.781. The zero-order valence-electron chi connectivity index (χ0n) is 12.1. The van der Waals surface area contributed by atoms with Crippen molar-refractivity contribution in [2.75, 3.05) is 20.3 Å². The highest BCUT2D eigenvalue weighted by Gasteiger charge is 2.26. The number of methoxy groups -OCH3 is 1. The van der Waals surface area contributed by atoms with Gasteiger partial charge in [-0.2, -0.15) is 0 Å². The summed E-state index contributed by atoms with van der Waals surface area (Å²) in [5.41, 5.74) is 0. The van der Waals surface area contributed by atoms with Gasteiger partial charge >= 0.3 is 5.97 Å². The Morgan fingerprint density at radius 1 is 1.55 bits per heavy atom. The molecule has 2 atom stereocenters. The van der Waals surface area contributed by atoms with E-state index in [1.807, 2.05) is 13.1 Å². The molecule has 1 fully saturated rings. The molecule has 2 rings (SSSR count). The summed E-state index contributed by atoms with van der Waals surface area (Å²) in [5.74, 6) is -0.171. The summed E-state index contributed by atoms with van der Waals surface area (Å²) in [6.45, 7) is 3.55. The molecule has 0 radical (unpaired) electrons. The van der Waals surface area contributed by atoms with Crippen molar-refractivity contribution >= 4 is 17.3 Å². The number of aryl methyl sites for hydroxylation is 1. The first-order chi connectivity index (χ1) is 9.72. The Morgan fingerprint density at radius 2 is 2.40 bits per heavy atom. The van der Waals surface area contributed by atoms with Gasteiger partial charge in [-0.1, -0.05) is 0 Å². The van der Waals surface area contributed by atoms with E-state index in [1.165, 1.54) is 7.11 Å². The van der Waals surface area contributed by atoms with E-state index in [1.54, 1.807) is 11.3 Å². The number of rotatable bonds is 7. The predicted octanol–water partition coefficient (Wildman–Crippen LogP) is 2.08. The largest absolute Gasteiger partial charge is 0.469 e. The average Bonchev–Trinajstić information content (AvgIpc) is 3.11. The third kappa shape index (κ3) is 4.26. The molecule has 1 saturated heterocycles. The minimum Gasteiger partial charge on any atom is -0.469 e. The molecule has 5 nitrogen and oxygen atoms in total. The molecular formula is C14H22N2O3S. The van der Waals surface area contributed by atoms with Crippen molar-refractivity contribution in [2.45, 2.75) is 44.7 Å². The highest BCUT2D eigenvalue weighted by molar-refractivity contribution is 7.11. The van der Waals surface area contributed by atoms with Crippen molar-refractivity contribution in [3.63, 3.8) is 0 Å². The molecule has 0 aromatic carbocycles. The van der Waals surface area contributed by atoms with Gasteiger partial charge in [0.2, 0.25) is 0 Å². The van der Waals surface area contributed by atoms with Gasteiger partial charge in [-0.3, -0.25) is 4.79 Å². The lowest BCUT2D eigenvalue weighted by atomic mass is 10.2. The zero-order chi connectivity index (χ0) is 14.4. The number of thiazole rings is 1. The number of hydrogen-bond acceptors (Lipinski definition) is 6. The van der Waals surface area contributed by atoms with Gasteiger partial charge < -0.3 is 14.8 Å². The molecule has 112 valence electrons. The summed E-state index contributed by atoms with van der Waals surface area (Å²) in [6, 6.07) is 0.764. The van der Waals surface area contributed by atoms with Crippen LogP contribution in [0.25, 0.3) is 0 Å². The molecule has 0 spiro atoms. The van der Waals surface area contributed by atoms with E-state index < -0.39 is 0 Å². The van der Waals surface area contributed by atoms with Crippen LogP contribution in [0.15, 0.2) is 6.20 Å². The van der Waals surface area contributed by atoms with E-state index in [9.17, 15) is 4.79 Å². The summed E-state index contributed by atoms with van der Waals surface area (Å²) in [7, 11) is 1.42. The number of hydrogen-bond donors (Lipinski definition) is 1. The lowest BCUT2D eigenvalue weighted by Gasteiger charge is -2.12. The minimum absolute atomic E-state index is 0.171. The first kappa shape index (κ1) is 15.4. The Hall–Kier alpha value is -0.980. The average molecular weight is 298 g/mol. The fraction of sp³-hybridized carbons (Fsp3) is 0.714. The standard InChI is InChI=1S/C14H22N2O3S/c1-3-19-9-10-4-6-12(16-10)14-15-8-11(20-14)5-7-13(17)18-2/h8,10,12,16H,3-7,9H2,1-2H3/t10-,12-/m0/s1. The Bertz CT molecular complexity index is 436. The van der Waals surface area contributed by atoms with E-state index >= 15 is 0 Å². The number of nitrogens with one attached hydrogen (secondary N) is 1. The van der Waals surface area contributed by atoms with Crippen LogP contribution in [0.1, 0.15) is 42.1 Å². The molecule has 2 heterocycles. The maximum Gasteiger partial charge on any atom is 0.305 e. The third-order valence-electron chi connectivity index (χ3n) is 3.44. The Balaban J connectivity index is 1.82. The van der Waals surface area contributed by atoms with E-state index in [-0.39, 0.29) is 5.97 Å². The van der Waals surface area contributed by atoms with Crippen molar-refractivity contribution in [3.8, 4) is 0 Å². The number of esters is 1. The molecule has 6 heteroatoms. The molecule has 1 aliphatic rings. The van der Waals surface area contributed by atoms with E-state index in [2.05, 4.69) is 15.0 Å². The van der Waals surface area contributed by atoms with Crippen molar-refractivity contribution in [1.29, 1.82) is 0 Å². The van der Waals surface area contributed by atoms with Gasteiger partial charge in [0.15, 0.2) is 0 Å². The third-order valence-corrected chi connectivity index (χ3v) is 4.61. The first-order valence-electron chi connectivity index (χ1n) is 7.08. The van der Waals surface area contributed by atoms with E-state index in [0.717, 1.165) is 35.9 Å². The van der Waals surface area contributed by atoms with Gasteiger partial charge in [0.05, 0.1) is 26.2 Å². The first-order valence-corrected chi connectivity index (χ1v) is 7.89. The molecule has 0 unspecified atom stereocenters. The summed E-state index contributed by atoms with van der Waals surface area (Å²) < 4.78 is 10.1. The maximum absolute atomic E-state index is 11.1. The Kier molecular flexibility index (Phi) is 5.94. The fourth-order valence-electron chi connectivity index (χ4n) is 2.33. The fourth-order valence-corrected chi connectivity index (χ4v) is 3.34. The van der Waals surface area contributed by atoms with Crippen LogP contribution in [0.3, 0.4) is 0 Å². The van der Waals surface area contributed by atoms with Crippen molar-refractivity contribution in [3.05, 3.63) is 16.1 Å². The SMILES string of the molecule is CCOC[C@@H]1CC[C@@H](c2ncc(CCC(=O)OC)s2)N1. The highest BCUT2D eigenvalue weighted by Crippen LogP contribution is 2.30. The maximum atomic E-state index is 11.1. The number of aromatic nitrogens is 1. The number of carbonyl (C=O) groups excluding carboxylic acids is 1. The van der Waals surface area contributed by atoms with Crippen LogP contribution in [0.2, 0.25) is 0 Å². The molecule has 0 saturated carbocycles. The van der Waals surface area contributed by atoms with Crippen molar-refractivity contribution in [1.82, 2.24) is 10.3 Å². The molecule has 1 N–H and O–H groups in total. The summed E-state index contributed by atoms with van der Waals surface area (Å²) in [6.07, 6.45) is 5.23. The normalized spacial score (nSPS) is 22.1. The number of nitrogens with zero attached hydrogens (tertiary/aromatic N) is 1. The lowest BCUT2D eigenvalue weighted by Crippen LogP contribution is -2.28. The molecule has 0 bridgehead atoms. The van der Waals surface area contributed by atoms with Gasteiger partial charge in [-0.05, 0) is 26.2 Å². The van der Waals surface area contributed by atoms with Crippen LogP contribution in [0, 0.1) is 0 Å². The van der Waals surface area contributed by atoms with E-state index in [0.29, 0.717) is 24.9 Å². The van der Waals surface area contributed by atoms with Gasteiger partial charge in [0.25, 0.3) is 0 Å². The second-order valence-electron chi connectivity index (χ2n) is 4.89.